The standard InChI is InChI=1S/C15H10FNO4/c1-20-11-4-9(8-17)5-12(7-11)21-14-3-2-10(16)6-13(14)15(18)19/h2-7H,1H3,(H,18,19). The molecule has 0 bridgehead atoms. The molecule has 0 spiro atoms. The zero-order valence-electron chi connectivity index (χ0n) is 11.0. The average molecular weight is 287 g/mol. The molecule has 0 amide bonds. The first-order valence-corrected chi connectivity index (χ1v) is 5.83. The molecule has 2 aromatic carbocycles. The number of carboxylic acid groups (broad SMARTS) is 1. The van der Waals surface area contributed by atoms with E-state index in [9.17, 15) is 9.18 Å². The summed E-state index contributed by atoms with van der Waals surface area (Å²) in [5, 5.41) is 18.0. The van der Waals surface area contributed by atoms with Crippen LogP contribution in [0.3, 0.4) is 0 Å². The molecule has 21 heavy (non-hydrogen) atoms. The van der Waals surface area contributed by atoms with Crippen molar-refractivity contribution >= 4 is 5.97 Å². The van der Waals surface area contributed by atoms with Crippen LogP contribution in [0.15, 0.2) is 36.4 Å². The van der Waals surface area contributed by atoms with Crippen LogP contribution in [0.5, 0.6) is 17.2 Å². The molecule has 2 rings (SSSR count). The topological polar surface area (TPSA) is 79.5 Å². The molecule has 0 aromatic heterocycles. The van der Waals surface area contributed by atoms with Gasteiger partial charge in [-0.2, -0.15) is 5.26 Å². The number of nitrogens with zero attached hydrogens (tertiary/aromatic N) is 1. The third-order valence-corrected chi connectivity index (χ3v) is 2.64. The third kappa shape index (κ3) is 3.28. The summed E-state index contributed by atoms with van der Waals surface area (Å²) in [6, 6.07) is 9.54. The zero-order valence-corrected chi connectivity index (χ0v) is 11.0. The molecule has 0 aliphatic heterocycles. The fraction of sp³-hybridized carbons (Fsp3) is 0.0667. The maximum Gasteiger partial charge on any atom is 0.339 e. The van der Waals surface area contributed by atoms with Crippen molar-refractivity contribution in [3.63, 3.8) is 0 Å². The number of hydrogen-bond donors (Lipinski definition) is 1. The van der Waals surface area contributed by atoms with Gasteiger partial charge in [0.05, 0.1) is 18.7 Å². The van der Waals surface area contributed by atoms with Gasteiger partial charge >= 0.3 is 5.97 Å². The van der Waals surface area contributed by atoms with Crippen LogP contribution in [0.4, 0.5) is 4.39 Å². The molecular weight excluding hydrogens is 277 g/mol. The number of carboxylic acids is 1. The smallest absolute Gasteiger partial charge is 0.339 e. The lowest BCUT2D eigenvalue weighted by atomic mass is 10.2. The largest absolute Gasteiger partial charge is 0.497 e. The Kier molecular flexibility index (Phi) is 4.05. The van der Waals surface area contributed by atoms with E-state index in [-0.39, 0.29) is 17.1 Å². The molecule has 1 N–H and O–H groups in total. The van der Waals surface area contributed by atoms with E-state index in [0.717, 1.165) is 12.1 Å². The maximum absolute atomic E-state index is 13.1. The number of halogens is 1. The molecule has 0 fully saturated rings. The van der Waals surface area contributed by atoms with E-state index in [2.05, 4.69) is 0 Å². The minimum Gasteiger partial charge on any atom is -0.497 e. The summed E-state index contributed by atoms with van der Waals surface area (Å²) in [5.41, 5.74) is -0.0142. The van der Waals surface area contributed by atoms with Crippen molar-refractivity contribution in [1.29, 1.82) is 5.26 Å². The summed E-state index contributed by atoms with van der Waals surface area (Å²) < 4.78 is 23.6. The highest BCUT2D eigenvalue weighted by molar-refractivity contribution is 5.91. The van der Waals surface area contributed by atoms with Gasteiger partial charge in [-0.25, -0.2) is 9.18 Å². The zero-order chi connectivity index (χ0) is 15.4. The first-order chi connectivity index (χ1) is 10.0. The Bertz CT molecular complexity index is 737. The van der Waals surface area contributed by atoms with E-state index in [1.165, 1.54) is 31.4 Å². The van der Waals surface area contributed by atoms with Crippen LogP contribution >= 0.6 is 0 Å². The minimum absolute atomic E-state index is 0.0268. The summed E-state index contributed by atoms with van der Waals surface area (Å²) in [6.07, 6.45) is 0. The summed E-state index contributed by atoms with van der Waals surface area (Å²) >= 11 is 0. The van der Waals surface area contributed by atoms with Gasteiger partial charge in [0.25, 0.3) is 0 Å². The van der Waals surface area contributed by atoms with Crippen LogP contribution in [0.25, 0.3) is 0 Å². The Morgan fingerprint density at radius 1 is 1.24 bits per heavy atom. The van der Waals surface area contributed by atoms with Crippen molar-refractivity contribution in [3.8, 4) is 23.3 Å². The van der Waals surface area contributed by atoms with Crippen LogP contribution in [0.2, 0.25) is 0 Å². The average Bonchev–Trinajstić information content (AvgIpc) is 2.48. The molecule has 106 valence electrons. The van der Waals surface area contributed by atoms with Crippen molar-refractivity contribution in [2.24, 2.45) is 0 Å². The van der Waals surface area contributed by atoms with Crippen molar-refractivity contribution in [2.45, 2.75) is 0 Å². The highest BCUT2D eigenvalue weighted by Crippen LogP contribution is 2.29. The number of carbonyl (C=O) groups is 1. The molecule has 6 heteroatoms. The molecule has 0 heterocycles. The third-order valence-electron chi connectivity index (χ3n) is 2.64. The number of benzene rings is 2. The van der Waals surface area contributed by atoms with Gasteiger partial charge in [-0.15, -0.1) is 0 Å². The molecule has 0 atom stereocenters. The quantitative estimate of drug-likeness (QED) is 0.934. The molecule has 0 radical (unpaired) electrons. The molecule has 0 aliphatic rings. The molecular formula is C15H10FNO4. The van der Waals surface area contributed by atoms with Crippen LogP contribution in [0.1, 0.15) is 15.9 Å². The molecule has 0 unspecified atom stereocenters. The van der Waals surface area contributed by atoms with Crippen LogP contribution in [-0.2, 0) is 0 Å². The SMILES string of the molecule is COc1cc(C#N)cc(Oc2ccc(F)cc2C(=O)O)c1. The fourth-order valence-electron chi connectivity index (χ4n) is 1.70. The summed E-state index contributed by atoms with van der Waals surface area (Å²) in [4.78, 5) is 11.1. The Labute approximate surface area is 119 Å². The van der Waals surface area contributed by atoms with Crippen molar-refractivity contribution in [2.75, 3.05) is 7.11 Å². The highest BCUT2D eigenvalue weighted by Gasteiger charge is 2.14. The molecule has 0 saturated carbocycles. The molecule has 2 aromatic rings. The Morgan fingerprint density at radius 3 is 2.57 bits per heavy atom. The van der Waals surface area contributed by atoms with E-state index in [1.807, 2.05) is 6.07 Å². The van der Waals surface area contributed by atoms with E-state index < -0.39 is 11.8 Å². The predicted octanol–water partition coefficient (Wildman–Crippen LogP) is 3.20. The Balaban J connectivity index is 2.43. The van der Waals surface area contributed by atoms with E-state index in [0.29, 0.717) is 11.3 Å². The minimum atomic E-state index is -1.31. The summed E-state index contributed by atoms with van der Waals surface area (Å²) in [6.45, 7) is 0. The fourth-order valence-corrected chi connectivity index (χ4v) is 1.70. The van der Waals surface area contributed by atoms with Gasteiger partial charge in [-0.1, -0.05) is 0 Å². The van der Waals surface area contributed by atoms with E-state index >= 15 is 0 Å². The van der Waals surface area contributed by atoms with Crippen molar-refractivity contribution in [3.05, 3.63) is 53.3 Å². The number of rotatable bonds is 4. The summed E-state index contributed by atoms with van der Waals surface area (Å²) in [5.74, 6) is -1.40. The van der Waals surface area contributed by atoms with Gasteiger partial charge in [0.2, 0.25) is 0 Å². The van der Waals surface area contributed by atoms with Gasteiger partial charge < -0.3 is 14.6 Å². The molecule has 0 saturated heterocycles. The van der Waals surface area contributed by atoms with Gasteiger partial charge in [0.1, 0.15) is 28.6 Å². The van der Waals surface area contributed by atoms with Gasteiger partial charge in [-0.3, -0.25) is 0 Å². The monoisotopic (exact) mass is 287 g/mol. The van der Waals surface area contributed by atoms with Crippen LogP contribution < -0.4 is 9.47 Å². The Hall–Kier alpha value is -3.07. The predicted molar refractivity (Wildman–Crippen MR) is 71.1 cm³/mol. The summed E-state index contributed by atoms with van der Waals surface area (Å²) in [7, 11) is 1.43. The second-order valence-electron chi connectivity index (χ2n) is 4.06. The number of nitriles is 1. The van der Waals surface area contributed by atoms with Crippen LogP contribution in [-0.4, -0.2) is 18.2 Å². The van der Waals surface area contributed by atoms with Crippen molar-refractivity contribution < 1.29 is 23.8 Å². The first-order valence-electron chi connectivity index (χ1n) is 5.83. The normalized spacial score (nSPS) is 9.76. The number of ether oxygens (including phenoxy) is 2. The van der Waals surface area contributed by atoms with Crippen molar-refractivity contribution in [1.82, 2.24) is 0 Å². The lowest BCUT2D eigenvalue weighted by molar-refractivity contribution is 0.0693. The number of aromatic carboxylic acids is 1. The Morgan fingerprint density at radius 2 is 1.95 bits per heavy atom. The second-order valence-corrected chi connectivity index (χ2v) is 4.06. The van der Waals surface area contributed by atoms with E-state index in [4.69, 9.17) is 19.8 Å². The van der Waals surface area contributed by atoms with Gasteiger partial charge in [0.15, 0.2) is 0 Å². The molecule has 5 nitrogen and oxygen atoms in total. The van der Waals surface area contributed by atoms with Crippen LogP contribution in [0, 0.1) is 17.1 Å². The second kappa shape index (κ2) is 5.92. The molecule has 0 aliphatic carbocycles. The maximum atomic E-state index is 13.1. The number of hydrogen-bond acceptors (Lipinski definition) is 4. The first kappa shape index (κ1) is 14.3. The van der Waals surface area contributed by atoms with Gasteiger partial charge in [-0.05, 0) is 30.3 Å². The lowest BCUT2D eigenvalue weighted by Crippen LogP contribution is -2.01. The van der Waals surface area contributed by atoms with E-state index in [1.54, 1.807) is 0 Å². The van der Waals surface area contributed by atoms with Gasteiger partial charge in [0, 0.05) is 6.07 Å². The lowest BCUT2D eigenvalue weighted by Gasteiger charge is -2.10. The highest BCUT2D eigenvalue weighted by atomic mass is 19.1. The number of methoxy groups -OCH3 is 1.